The Morgan fingerprint density at radius 3 is 2.32 bits per heavy atom. The number of carboxylic acid groups (broad SMARTS) is 1. The van der Waals surface area contributed by atoms with E-state index in [4.69, 9.17) is 18.6 Å². The Labute approximate surface area is 194 Å². The zero-order valence-corrected chi connectivity index (χ0v) is 18.6. The molecule has 0 aliphatic carbocycles. The van der Waals surface area contributed by atoms with Gasteiger partial charge in [-0.25, -0.2) is 0 Å². The van der Waals surface area contributed by atoms with Crippen molar-refractivity contribution >= 4 is 17.8 Å². The predicted octanol–water partition coefficient (Wildman–Crippen LogP) is 4.24. The summed E-state index contributed by atoms with van der Waals surface area (Å²) in [6.07, 6.45) is 0.990. The summed E-state index contributed by atoms with van der Waals surface area (Å²) in [7, 11) is 2.69. The molecule has 3 aromatic rings. The molecule has 4 rings (SSSR count). The number of fused-ring (bicyclic) bond motifs is 1. The van der Waals surface area contributed by atoms with Gasteiger partial charge in [-0.3, -0.25) is 9.59 Å². The Bertz CT molecular complexity index is 1290. The minimum atomic E-state index is -1.15. The average molecular weight is 466 g/mol. The Balaban J connectivity index is 1.87. The molecule has 0 saturated heterocycles. The number of ether oxygens (including phenoxy) is 3. The van der Waals surface area contributed by atoms with E-state index in [1.807, 2.05) is 0 Å². The molecule has 1 aliphatic heterocycles. The molecule has 0 fully saturated rings. The predicted molar refractivity (Wildman–Crippen MR) is 120 cm³/mol. The first-order valence-corrected chi connectivity index (χ1v) is 10.3. The van der Waals surface area contributed by atoms with E-state index in [0.717, 1.165) is 0 Å². The maximum Gasteiger partial charge on any atom is 0.304 e. The first kappa shape index (κ1) is 22.8. The van der Waals surface area contributed by atoms with E-state index in [9.17, 15) is 24.9 Å². The molecule has 1 aliphatic rings. The fourth-order valence-corrected chi connectivity index (χ4v) is 3.94. The molecule has 3 N–H and O–H groups in total. The SMILES string of the molecule is COc1cc(C(CC(=O)O)c2c(O)ccc3c2OC(=Cc2ccc(C)o2)C3=O)cc(OC)c1O. The monoisotopic (exact) mass is 466 g/mol. The Kier molecular flexibility index (Phi) is 5.93. The summed E-state index contributed by atoms with van der Waals surface area (Å²) < 4.78 is 21.7. The highest BCUT2D eigenvalue weighted by atomic mass is 16.5. The molecule has 0 spiro atoms. The number of aryl methyl sites for hydroxylation is 1. The molecule has 0 saturated carbocycles. The van der Waals surface area contributed by atoms with Crippen molar-refractivity contribution in [2.75, 3.05) is 14.2 Å². The van der Waals surface area contributed by atoms with Gasteiger partial charge in [-0.15, -0.1) is 0 Å². The quantitative estimate of drug-likeness (QED) is 0.437. The van der Waals surface area contributed by atoms with Gasteiger partial charge in [-0.2, -0.15) is 0 Å². The van der Waals surface area contributed by atoms with Crippen molar-refractivity contribution < 1.29 is 43.5 Å². The Morgan fingerprint density at radius 2 is 1.76 bits per heavy atom. The number of hydrogen-bond donors (Lipinski definition) is 3. The molecule has 9 heteroatoms. The average Bonchev–Trinajstić information content (AvgIpc) is 3.35. The molecule has 34 heavy (non-hydrogen) atoms. The van der Waals surface area contributed by atoms with E-state index >= 15 is 0 Å². The van der Waals surface area contributed by atoms with Crippen LogP contribution < -0.4 is 14.2 Å². The van der Waals surface area contributed by atoms with Crippen molar-refractivity contribution in [2.45, 2.75) is 19.3 Å². The Hall–Kier alpha value is -4.40. The number of methoxy groups -OCH3 is 2. The second kappa shape index (κ2) is 8.86. The van der Waals surface area contributed by atoms with Crippen molar-refractivity contribution in [1.29, 1.82) is 0 Å². The van der Waals surface area contributed by atoms with Crippen LogP contribution in [0.3, 0.4) is 0 Å². The largest absolute Gasteiger partial charge is 0.508 e. The van der Waals surface area contributed by atoms with E-state index in [1.165, 1.54) is 44.6 Å². The van der Waals surface area contributed by atoms with Crippen LogP contribution in [-0.4, -0.2) is 41.3 Å². The van der Waals surface area contributed by atoms with Gasteiger partial charge in [0.25, 0.3) is 0 Å². The minimum absolute atomic E-state index is 0.0221. The van der Waals surface area contributed by atoms with Crippen LogP contribution in [0.2, 0.25) is 0 Å². The standard InChI is InChI=1S/C25H22O9/c1-12-4-5-14(33-12)10-20-23(29)15-6-7-17(26)22(25(15)34-20)16(11-21(27)28)13-8-18(31-2)24(30)19(9-13)32-3/h4-10,16,26,30H,11H2,1-3H3,(H,27,28). The minimum Gasteiger partial charge on any atom is -0.508 e. The van der Waals surface area contributed by atoms with Crippen molar-refractivity contribution in [1.82, 2.24) is 0 Å². The van der Waals surface area contributed by atoms with Gasteiger partial charge in [0.15, 0.2) is 17.3 Å². The maximum absolute atomic E-state index is 13.0. The van der Waals surface area contributed by atoms with Gasteiger partial charge in [0.1, 0.15) is 23.0 Å². The summed E-state index contributed by atoms with van der Waals surface area (Å²) in [6.45, 7) is 1.76. The molecule has 0 radical (unpaired) electrons. The fraction of sp³-hybridized carbons (Fsp3) is 0.200. The van der Waals surface area contributed by atoms with E-state index in [2.05, 4.69) is 0 Å². The van der Waals surface area contributed by atoms with Crippen LogP contribution in [-0.2, 0) is 4.79 Å². The number of hydrogen-bond acceptors (Lipinski definition) is 8. The van der Waals surface area contributed by atoms with Crippen molar-refractivity contribution in [3.63, 3.8) is 0 Å². The Morgan fingerprint density at radius 1 is 1.09 bits per heavy atom. The summed E-state index contributed by atoms with van der Waals surface area (Å²) in [5, 5.41) is 30.7. The number of allylic oxidation sites excluding steroid dienone is 1. The van der Waals surface area contributed by atoms with E-state index in [0.29, 0.717) is 17.1 Å². The van der Waals surface area contributed by atoms with E-state index in [-0.39, 0.29) is 45.6 Å². The number of carboxylic acids is 1. The topological polar surface area (TPSA) is 136 Å². The normalized spacial score (nSPS) is 14.6. The fourth-order valence-electron chi connectivity index (χ4n) is 3.94. The maximum atomic E-state index is 13.0. The molecule has 1 aromatic heterocycles. The van der Waals surface area contributed by atoms with Crippen LogP contribution >= 0.6 is 0 Å². The molecular weight excluding hydrogens is 444 g/mol. The zero-order valence-electron chi connectivity index (χ0n) is 18.6. The molecule has 1 atom stereocenters. The van der Waals surface area contributed by atoms with Crippen LogP contribution in [0.25, 0.3) is 6.08 Å². The third-order valence-electron chi connectivity index (χ3n) is 5.52. The highest BCUT2D eigenvalue weighted by Crippen LogP contribution is 2.48. The third-order valence-corrected chi connectivity index (χ3v) is 5.52. The number of phenolic OH excluding ortho intramolecular Hbond substituents is 2. The lowest BCUT2D eigenvalue weighted by Gasteiger charge is -2.21. The van der Waals surface area contributed by atoms with Gasteiger partial charge >= 0.3 is 5.97 Å². The first-order chi connectivity index (χ1) is 16.2. The lowest BCUT2D eigenvalue weighted by molar-refractivity contribution is -0.137. The number of benzene rings is 2. The number of aromatic hydroxyl groups is 2. The van der Waals surface area contributed by atoms with Crippen LogP contribution in [0.1, 0.15) is 45.3 Å². The molecule has 9 nitrogen and oxygen atoms in total. The molecular formula is C25H22O9. The summed E-state index contributed by atoms with van der Waals surface area (Å²) in [4.78, 5) is 24.8. The molecule has 0 bridgehead atoms. The number of carbonyl (C=O) groups is 2. The third kappa shape index (κ3) is 4.03. The summed E-state index contributed by atoms with van der Waals surface area (Å²) in [5.41, 5.74) is 0.658. The van der Waals surface area contributed by atoms with Gasteiger partial charge in [-0.05, 0) is 48.9 Å². The second-order valence-corrected chi connectivity index (χ2v) is 7.69. The highest BCUT2D eigenvalue weighted by molar-refractivity contribution is 6.15. The number of carbonyl (C=O) groups excluding carboxylic acids is 1. The van der Waals surface area contributed by atoms with Crippen LogP contribution in [0.4, 0.5) is 0 Å². The van der Waals surface area contributed by atoms with Crippen molar-refractivity contribution in [2.24, 2.45) is 0 Å². The van der Waals surface area contributed by atoms with Gasteiger partial charge in [0, 0.05) is 17.6 Å². The summed E-state index contributed by atoms with van der Waals surface area (Å²) >= 11 is 0. The summed E-state index contributed by atoms with van der Waals surface area (Å²) in [5.74, 6) is -1.84. The molecule has 176 valence electrons. The smallest absolute Gasteiger partial charge is 0.304 e. The summed E-state index contributed by atoms with van der Waals surface area (Å²) in [6, 6.07) is 9.06. The highest BCUT2D eigenvalue weighted by Gasteiger charge is 2.36. The number of aliphatic carboxylic acids is 1. The molecule has 1 unspecified atom stereocenters. The lowest BCUT2D eigenvalue weighted by Crippen LogP contribution is -2.10. The number of ketones is 1. The number of rotatable bonds is 7. The zero-order chi connectivity index (χ0) is 24.6. The van der Waals surface area contributed by atoms with E-state index < -0.39 is 24.1 Å². The van der Waals surface area contributed by atoms with Gasteiger partial charge in [0.05, 0.1) is 26.2 Å². The van der Waals surface area contributed by atoms with Gasteiger partial charge in [-0.1, -0.05) is 0 Å². The van der Waals surface area contributed by atoms with Crippen molar-refractivity contribution in [3.8, 4) is 28.7 Å². The van der Waals surface area contributed by atoms with Crippen molar-refractivity contribution in [3.05, 3.63) is 70.4 Å². The van der Waals surface area contributed by atoms with Crippen LogP contribution in [0, 0.1) is 6.92 Å². The first-order valence-electron chi connectivity index (χ1n) is 10.3. The van der Waals surface area contributed by atoms with Gasteiger partial charge in [0.2, 0.25) is 11.5 Å². The van der Waals surface area contributed by atoms with Gasteiger partial charge < -0.3 is 33.9 Å². The van der Waals surface area contributed by atoms with Crippen LogP contribution in [0.5, 0.6) is 28.7 Å². The number of Topliss-reactive ketones (excluding diaryl/α,β-unsaturated/α-hetero) is 1. The lowest BCUT2D eigenvalue weighted by atomic mass is 9.85. The molecule has 2 heterocycles. The molecule has 0 amide bonds. The number of furan rings is 1. The van der Waals surface area contributed by atoms with E-state index in [1.54, 1.807) is 19.1 Å². The molecule has 2 aromatic carbocycles. The second-order valence-electron chi connectivity index (χ2n) is 7.69. The number of phenols is 2. The van der Waals surface area contributed by atoms with Crippen LogP contribution in [0.15, 0.2) is 46.6 Å².